The summed E-state index contributed by atoms with van der Waals surface area (Å²) in [6.07, 6.45) is 1.69. The van der Waals surface area contributed by atoms with Crippen molar-refractivity contribution in [3.8, 4) is 0 Å². The zero-order chi connectivity index (χ0) is 7.40. The first-order chi connectivity index (χ1) is 4.84. The van der Waals surface area contributed by atoms with E-state index in [1.54, 1.807) is 6.20 Å². The van der Waals surface area contributed by atoms with Crippen molar-refractivity contribution in [3.63, 3.8) is 0 Å². The third kappa shape index (κ3) is 1.76. The van der Waals surface area contributed by atoms with E-state index in [4.69, 9.17) is 5.21 Å². The van der Waals surface area contributed by atoms with Gasteiger partial charge in [-0.25, -0.2) is 10.5 Å². The SMILES string of the molecule is ONCc1cccnc1Br. The molecule has 1 aromatic rings. The summed E-state index contributed by atoms with van der Waals surface area (Å²) >= 11 is 3.24. The number of nitrogens with one attached hydrogen (secondary N) is 1. The van der Waals surface area contributed by atoms with Crippen molar-refractivity contribution in [1.82, 2.24) is 10.5 Å². The third-order valence-corrected chi connectivity index (χ3v) is 1.82. The van der Waals surface area contributed by atoms with Crippen LogP contribution in [0.25, 0.3) is 0 Å². The van der Waals surface area contributed by atoms with E-state index in [0.717, 1.165) is 10.2 Å². The van der Waals surface area contributed by atoms with Gasteiger partial charge in [-0.3, -0.25) is 0 Å². The molecule has 0 aliphatic carbocycles. The lowest BCUT2D eigenvalue weighted by atomic mass is 10.3. The molecule has 0 spiro atoms. The molecule has 54 valence electrons. The molecule has 4 heteroatoms. The average Bonchev–Trinajstić information content (AvgIpc) is 1.94. The molecular formula is C6H7BrN2O. The van der Waals surface area contributed by atoms with Gasteiger partial charge in [-0.1, -0.05) is 6.07 Å². The van der Waals surface area contributed by atoms with Gasteiger partial charge < -0.3 is 5.21 Å². The molecular weight excluding hydrogens is 196 g/mol. The summed E-state index contributed by atoms with van der Waals surface area (Å²) in [5.41, 5.74) is 2.99. The highest BCUT2D eigenvalue weighted by Crippen LogP contribution is 2.11. The lowest BCUT2D eigenvalue weighted by Crippen LogP contribution is -2.06. The molecule has 0 unspecified atom stereocenters. The molecule has 1 rings (SSSR count). The standard InChI is InChI=1S/C6H7BrN2O/c7-6-5(4-9-10)2-1-3-8-6/h1-3,9-10H,4H2. The van der Waals surface area contributed by atoms with Gasteiger partial charge in [0.05, 0.1) is 0 Å². The van der Waals surface area contributed by atoms with E-state index in [1.807, 2.05) is 12.1 Å². The van der Waals surface area contributed by atoms with E-state index in [9.17, 15) is 0 Å². The monoisotopic (exact) mass is 202 g/mol. The van der Waals surface area contributed by atoms with Crippen LogP contribution in [0.15, 0.2) is 22.9 Å². The predicted molar refractivity (Wildman–Crippen MR) is 40.6 cm³/mol. The third-order valence-electron chi connectivity index (χ3n) is 1.11. The first kappa shape index (κ1) is 7.65. The molecule has 0 aliphatic heterocycles. The van der Waals surface area contributed by atoms with E-state index in [2.05, 4.69) is 26.4 Å². The highest BCUT2D eigenvalue weighted by atomic mass is 79.9. The summed E-state index contributed by atoms with van der Waals surface area (Å²) in [6, 6.07) is 3.69. The number of pyridine rings is 1. The minimum Gasteiger partial charge on any atom is -0.316 e. The normalized spacial score (nSPS) is 9.80. The first-order valence-corrected chi connectivity index (χ1v) is 3.60. The van der Waals surface area contributed by atoms with Gasteiger partial charge in [0.1, 0.15) is 4.60 Å². The number of hydroxylamine groups is 1. The Bertz CT molecular complexity index is 217. The Kier molecular flexibility index (Phi) is 2.80. The van der Waals surface area contributed by atoms with Crippen molar-refractivity contribution in [3.05, 3.63) is 28.5 Å². The number of nitrogens with zero attached hydrogens (tertiary/aromatic N) is 1. The van der Waals surface area contributed by atoms with Crippen molar-refractivity contribution >= 4 is 15.9 Å². The Morgan fingerprint density at radius 2 is 2.50 bits per heavy atom. The minimum atomic E-state index is 0.411. The van der Waals surface area contributed by atoms with Crippen molar-refractivity contribution in [2.75, 3.05) is 0 Å². The minimum absolute atomic E-state index is 0.411. The molecule has 3 nitrogen and oxygen atoms in total. The van der Waals surface area contributed by atoms with Gasteiger partial charge >= 0.3 is 0 Å². The lowest BCUT2D eigenvalue weighted by Gasteiger charge is -1.99. The number of aromatic nitrogens is 1. The topological polar surface area (TPSA) is 45.1 Å². The van der Waals surface area contributed by atoms with Crippen molar-refractivity contribution in [2.45, 2.75) is 6.54 Å². The molecule has 0 radical (unpaired) electrons. The van der Waals surface area contributed by atoms with Crippen LogP contribution in [-0.4, -0.2) is 10.2 Å². The van der Waals surface area contributed by atoms with Gasteiger partial charge in [-0.15, -0.1) is 0 Å². The Morgan fingerprint density at radius 3 is 3.10 bits per heavy atom. The molecule has 0 aliphatic rings. The van der Waals surface area contributed by atoms with Crippen molar-refractivity contribution in [2.24, 2.45) is 0 Å². The summed E-state index contributed by atoms with van der Waals surface area (Å²) < 4.78 is 0.761. The van der Waals surface area contributed by atoms with Gasteiger partial charge in [0.2, 0.25) is 0 Å². The molecule has 0 fully saturated rings. The molecule has 0 amide bonds. The lowest BCUT2D eigenvalue weighted by molar-refractivity contribution is 0.161. The second kappa shape index (κ2) is 3.65. The maximum atomic E-state index is 8.35. The quantitative estimate of drug-likeness (QED) is 0.562. The fraction of sp³-hybridized carbons (Fsp3) is 0.167. The average molecular weight is 203 g/mol. The van der Waals surface area contributed by atoms with Crippen LogP contribution in [0.2, 0.25) is 0 Å². The van der Waals surface area contributed by atoms with E-state index >= 15 is 0 Å². The zero-order valence-corrected chi connectivity index (χ0v) is 6.80. The second-order valence-corrected chi connectivity index (χ2v) is 2.54. The van der Waals surface area contributed by atoms with Crippen molar-refractivity contribution < 1.29 is 5.21 Å². The van der Waals surface area contributed by atoms with Gasteiger partial charge in [0, 0.05) is 18.3 Å². The van der Waals surface area contributed by atoms with Gasteiger partial charge in [-0.05, 0) is 22.0 Å². The predicted octanol–water partition coefficient (Wildman–Crippen LogP) is 1.32. The van der Waals surface area contributed by atoms with Gasteiger partial charge in [0.15, 0.2) is 0 Å². The summed E-state index contributed by atoms with van der Waals surface area (Å²) in [4.78, 5) is 3.96. The maximum Gasteiger partial charge on any atom is 0.110 e. The summed E-state index contributed by atoms with van der Waals surface area (Å²) in [5.74, 6) is 0. The number of hydrogen-bond acceptors (Lipinski definition) is 3. The first-order valence-electron chi connectivity index (χ1n) is 2.81. The Labute approximate surface area is 67.2 Å². The molecule has 1 heterocycles. The molecule has 0 saturated carbocycles. The highest BCUT2D eigenvalue weighted by molar-refractivity contribution is 9.10. The molecule has 0 saturated heterocycles. The molecule has 0 bridgehead atoms. The van der Waals surface area contributed by atoms with Crippen molar-refractivity contribution in [1.29, 1.82) is 0 Å². The van der Waals surface area contributed by atoms with Crippen LogP contribution in [0.3, 0.4) is 0 Å². The maximum absolute atomic E-state index is 8.35. The number of halogens is 1. The Hall–Kier alpha value is -0.450. The van der Waals surface area contributed by atoms with E-state index < -0.39 is 0 Å². The zero-order valence-electron chi connectivity index (χ0n) is 5.21. The van der Waals surface area contributed by atoms with Crippen LogP contribution in [0.4, 0.5) is 0 Å². The van der Waals surface area contributed by atoms with Crippen LogP contribution in [0.5, 0.6) is 0 Å². The molecule has 10 heavy (non-hydrogen) atoms. The number of rotatable bonds is 2. The molecule has 2 N–H and O–H groups in total. The van der Waals surface area contributed by atoms with Crippen LogP contribution >= 0.6 is 15.9 Å². The van der Waals surface area contributed by atoms with Crippen LogP contribution in [-0.2, 0) is 6.54 Å². The molecule has 0 aromatic carbocycles. The van der Waals surface area contributed by atoms with E-state index in [-0.39, 0.29) is 0 Å². The summed E-state index contributed by atoms with van der Waals surface area (Å²) in [7, 11) is 0. The number of hydrogen-bond donors (Lipinski definition) is 2. The second-order valence-electron chi connectivity index (χ2n) is 1.79. The summed E-state index contributed by atoms with van der Waals surface area (Å²) in [6.45, 7) is 0.411. The smallest absolute Gasteiger partial charge is 0.110 e. The molecule has 0 atom stereocenters. The van der Waals surface area contributed by atoms with Gasteiger partial charge in [0.25, 0.3) is 0 Å². The van der Waals surface area contributed by atoms with E-state index in [0.29, 0.717) is 6.54 Å². The highest BCUT2D eigenvalue weighted by Gasteiger charge is 1.96. The van der Waals surface area contributed by atoms with Gasteiger partial charge in [-0.2, -0.15) is 0 Å². The fourth-order valence-corrected chi connectivity index (χ4v) is 1.03. The Morgan fingerprint density at radius 1 is 1.70 bits per heavy atom. The summed E-state index contributed by atoms with van der Waals surface area (Å²) in [5, 5.41) is 8.35. The van der Waals surface area contributed by atoms with Crippen LogP contribution < -0.4 is 5.48 Å². The van der Waals surface area contributed by atoms with E-state index in [1.165, 1.54) is 0 Å². The fourth-order valence-electron chi connectivity index (χ4n) is 0.636. The van der Waals surface area contributed by atoms with Crippen LogP contribution in [0.1, 0.15) is 5.56 Å². The Balaban J connectivity index is 2.81. The van der Waals surface area contributed by atoms with Crippen LogP contribution in [0, 0.1) is 0 Å². The largest absolute Gasteiger partial charge is 0.316 e. The molecule has 1 aromatic heterocycles.